The van der Waals surface area contributed by atoms with E-state index in [2.05, 4.69) is 10.0 Å². The molecule has 0 saturated carbocycles. The summed E-state index contributed by atoms with van der Waals surface area (Å²) < 4.78 is 40.4. The van der Waals surface area contributed by atoms with Crippen LogP contribution in [0.5, 0.6) is 0 Å². The number of halogens is 1. The highest BCUT2D eigenvalue weighted by Crippen LogP contribution is 2.22. The molecule has 24 heavy (non-hydrogen) atoms. The number of hydrogen-bond donors (Lipinski definition) is 2. The largest absolute Gasteiger partial charge is 0.321 e. The molecule has 0 aliphatic rings. The SMILES string of the molecule is CCNS(=O)(=O)c1ccc(F)c(C(=O)Nc2c(C)cccc2C)c1. The molecular weight excluding hydrogens is 331 g/mol. The zero-order valence-corrected chi connectivity index (χ0v) is 14.5. The predicted molar refractivity (Wildman–Crippen MR) is 91.1 cm³/mol. The first-order valence-electron chi connectivity index (χ1n) is 7.43. The lowest BCUT2D eigenvalue weighted by Gasteiger charge is -2.13. The van der Waals surface area contributed by atoms with Crippen LogP contribution in [0.2, 0.25) is 0 Å². The lowest BCUT2D eigenvalue weighted by atomic mass is 10.1. The van der Waals surface area contributed by atoms with E-state index in [-0.39, 0.29) is 17.0 Å². The van der Waals surface area contributed by atoms with Gasteiger partial charge in [0.2, 0.25) is 10.0 Å². The Balaban J connectivity index is 2.40. The summed E-state index contributed by atoms with van der Waals surface area (Å²) in [6.45, 7) is 5.48. The highest BCUT2D eigenvalue weighted by atomic mass is 32.2. The second-order valence-electron chi connectivity index (χ2n) is 5.36. The van der Waals surface area contributed by atoms with Crippen LogP contribution in [-0.2, 0) is 10.0 Å². The summed E-state index contributed by atoms with van der Waals surface area (Å²) in [4.78, 5) is 12.3. The van der Waals surface area contributed by atoms with Crippen molar-refractivity contribution in [1.29, 1.82) is 0 Å². The number of carbonyl (C=O) groups is 1. The predicted octanol–water partition coefficient (Wildman–Crippen LogP) is 2.99. The fraction of sp³-hybridized carbons (Fsp3) is 0.235. The highest BCUT2D eigenvalue weighted by molar-refractivity contribution is 7.89. The summed E-state index contributed by atoms with van der Waals surface area (Å²) >= 11 is 0. The van der Waals surface area contributed by atoms with Crippen LogP contribution in [0.3, 0.4) is 0 Å². The minimum Gasteiger partial charge on any atom is -0.321 e. The topological polar surface area (TPSA) is 75.3 Å². The van der Waals surface area contributed by atoms with Gasteiger partial charge in [0.05, 0.1) is 10.5 Å². The fourth-order valence-electron chi connectivity index (χ4n) is 2.31. The molecule has 1 amide bonds. The molecular formula is C17H19FN2O3S. The lowest BCUT2D eigenvalue weighted by Crippen LogP contribution is -2.24. The van der Waals surface area contributed by atoms with E-state index in [0.29, 0.717) is 5.69 Å². The quantitative estimate of drug-likeness (QED) is 0.870. The van der Waals surface area contributed by atoms with Crippen LogP contribution in [0.25, 0.3) is 0 Å². The smallest absolute Gasteiger partial charge is 0.258 e. The summed E-state index contributed by atoms with van der Waals surface area (Å²) in [7, 11) is -3.77. The van der Waals surface area contributed by atoms with Gasteiger partial charge in [0.1, 0.15) is 5.82 Å². The molecule has 0 bridgehead atoms. The maximum Gasteiger partial charge on any atom is 0.258 e. The molecule has 0 fully saturated rings. The van der Waals surface area contributed by atoms with E-state index in [1.807, 2.05) is 32.0 Å². The third-order valence-electron chi connectivity index (χ3n) is 3.55. The third kappa shape index (κ3) is 3.80. The molecule has 0 aliphatic heterocycles. The average molecular weight is 350 g/mol. The molecule has 7 heteroatoms. The second kappa shape index (κ2) is 7.11. The van der Waals surface area contributed by atoms with Gasteiger partial charge in [0.15, 0.2) is 0 Å². The fourth-order valence-corrected chi connectivity index (χ4v) is 3.38. The Labute approximate surface area is 141 Å². The molecule has 0 aromatic heterocycles. The Morgan fingerprint density at radius 2 is 1.75 bits per heavy atom. The number of benzene rings is 2. The van der Waals surface area contributed by atoms with Gasteiger partial charge in [-0.1, -0.05) is 25.1 Å². The Bertz CT molecular complexity index is 859. The monoisotopic (exact) mass is 350 g/mol. The number of carbonyl (C=O) groups excluding carboxylic acids is 1. The number of sulfonamides is 1. The van der Waals surface area contributed by atoms with Crippen molar-refractivity contribution in [2.45, 2.75) is 25.7 Å². The molecule has 5 nitrogen and oxygen atoms in total. The van der Waals surface area contributed by atoms with Crippen molar-refractivity contribution < 1.29 is 17.6 Å². The van der Waals surface area contributed by atoms with Crippen LogP contribution in [0, 0.1) is 19.7 Å². The summed E-state index contributed by atoms with van der Waals surface area (Å²) in [5.41, 5.74) is 1.93. The Kier molecular flexibility index (Phi) is 5.36. The molecule has 0 saturated heterocycles. The Morgan fingerprint density at radius 1 is 1.12 bits per heavy atom. The van der Waals surface area contributed by atoms with Crippen LogP contribution in [0.15, 0.2) is 41.3 Å². The van der Waals surface area contributed by atoms with Gasteiger partial charge in [-0.05, 0) is 43.2 Å². The minimum absolute atomic E-state index is 0.155. The first-order valence-corrected chi connectivity index (χ1v) is 8.91. The summed E-state index contributed by atoms with van der Waals surface area (Å²) in [6.07, 6.45) is 0. The number of anilines is 1. The number of para-hydroxylation sites is 1. The number of hydrogen-bond acceptors (Lipinski definition) is 3. The third-order valence-corrected chi connectivity index (χ3v) is 5.09. The highest BCUT2D eigenvalue weighted by Gasteiger charge is 2.19. The first-order chi connectivity index (χ1) is 11.3. The standard InChI is InChI=1S/C17H19FN2O3S/c1-4-19-24(22,23)13-8-9-15(18)14(10-13)17(21)20-16-11(2)6-5-7-12(16)3/h5-10,19H,4H2,1-3H3,(H,20,21). The van der Waals surface area contributed by atoms with E-state index in [1.54, 1.807) is 6.92 Å². The maximum atomic E-state index is 14.0. The van der Waals surface area contributed by atoms with Crippen molar-refractivity contribution in [3.8, 4) is 0 Å². The molecule has 2 aromatic carbocycles. The number of nitrogens with one attached hydrogen (secondary N) is 2. The van der Waals surface area contributed by atoms with Crippen molar-refractivity contribution in [1.82, 2.24) is 4.72 Å². The van der Waals surface area contributed by atoms with Gasteiger partial charge in [-0.15, -0.1) is 0 Å². The zero-order valence-electron chi connectivity index (χ0n) is 13.7. The van der Waals surface area contributed by atoms with E-state index in [4.69, 9.17) is 0 Å². The van der Waals surface area contributed by atoms with E-state index in [0.717, 1.165) is 29.3 Å². The van der Waals surface area contributed by atoms with Crippen molar-refractivity contribution >= 4 is 21.6 Å². The van der Waals surface area contributed by atoms with E-state index in [1.165, 1.54) is 0 Å². The number of aryl methyl sites for hydroxylation is 2. The van der Waals surface area contributed by atoms with Crippen molar-refractivity contribution in [2.75, 3.05) is 11.9 Å². The summed E-state index contributed by atoms with van der Waals surface area (Å²) in [6, 6.07) is 8.64. The molecule has 0 heterocycles. The van der Waals surface area contributed by atoms with Gasteiger partial charge in [0.25, 0.3) is 5.91 Å². The average Bonchev–Trinajstić information content (AvgIpc) is 2.51. The van der Waals surface area contributed by atoms with Gasteiger partial charge in [-0.2, -0.15) is 0 Å². The van der Waals surface area contributed by atoms with Crippen LogP contribution in [0.1, 0.15) is 28.4 Å². The van der Waals surface area contributed by atoms with Gasteiger partial charge in [-0.25, -0.2) is 17.5 Å². The van der Waals surface area contributed by atoms with E-state index in [9.17, 15) is 17.6 Å². The number of amides is 1. The molecule has 128 valence electrons. The van der Waals surface area contributed by atoms with Crippen molar-refractivity contribution in [2.24, 2.45) is 0 Å². The summed E-state index contributed by atoms with van der Waals surface area (Å²) in [5.74, 6) is -1.48. The Morgan fingerprint density at radius 3 is 2.33 bits per heavy atom. The molecule has 0 spiro atoms. The van der Waals surface area contributed by atoms with Crippen LogP contribution in [-0.4, -0.2) is 20.9 Å². The van der Waals surface area contributed by atoms with Gasteiger partial charge in [-0.3, -0.25) is 4.79 Å². The van der Waals surface area contributed by atoms with Crippen molar-refractivity contribution in [3.63, 3.8) is 0 Å². The van der Waals surface area contributed by atoms with Gasteiger partial charge < -0.3 is 5.32 Å². The van der Waals surface area contributed by atoms with Gasteiger partial charge >= 0.3 is 0 Å². The van der Waals surface area contributed by atoms with Crippen LogP contribution < -0.4 is 10.0 Å². The van der Waals surface area contributed by atoms with Crippen molar-refractivity contribution in [3.05, 3.63) is 58.9 Å². The molecule has 2 aromatic rings. The first kappa shape index (κ1) is 18.1. The molecule has 0 aliphatic carbocycles. The lowest BCUT2D eigenvalue weighted by molar-refractivity contribution is 0.102. The van der Waals surface area contributed by atoms with Gasteiger partial charge in [0, 0.05) is 12.2 Å². The molecule has 0 radical (unpaired) electrons. The summed E-state index contributed by atoms with van der Waals surface area (Å²) in [5, 5.41) is 2.65. The Hall–Kier alpha value is -2.25. The van der Waals surface area contributed by atoms with E-state index < -0.39 is 21.7 Å². The normalized spacial score (nSPS) is 11.3. The molecule has 0 atom stereocenters. The zero-order chi connectivity index (χ0) is 17.9. The minimum atomic E-state index is -3.77. The molecule has 2 rings (SSSR count). The van der Waals surface area contributed by atoms with Crippen LogP contribution >= 0.6 is 0 Å². The van der Waals surface area contributed by atoms with Crippen LogP contribution in [0.4, 0.5) is 10.1 Å². The van der Waals surface area contributed by atoms with E-state index >= 15 is 0 Å². The number of rotatable bonds is 5. The molecule has 0 unspecified atom stereocenters. The second-order valence-corrected chi connectivity index (χ2v) is 7.13. The molecule has 2 N–H and O–H groups in total. The maximum absolute atomic E-state index is 14.0.